The quantitative estimate of drug-likeness (QED) is 0.736. The van der Waals surface area contributed by atoms with Crippen molar-refractivity contribution < 1.29 is 5.11 Å². The molecule has 1 N–H and O–H groups in total. The van der Waals surface area contributed by atoms with Gasteiger partial charge in [0.25, 0.3) is 5.56 Å². The Labute approximate surface area is 104 Å². The fraction of sp³-hybridized carbons (Fsp3) is 0.444. The van der Waals surface area contributed by atoms with Crippen molar-refractivity contribution in [2.75, 3.05) is 6.61 Å². The SMILES string of the molecule is Cn1c(=O)c2nc(Br)n(CCO)c2n(C)c1=O. The standard InChI is InChI=1S/C9H11BrN4O3/c1-12-6-5(7(16)13(2)9(12)17)11-8(10)14(6)3-4-15/h15H,3-4H2,1-2H3. The van der Waals surface area contributed by atoms with Crippen molar-refractivity contribution in [3.8, 4) is 0 Å². The van der Waals surface area contributed by atoms with Gasteiger partial charge in [0.1, 0.15) is 0 Å². The van der Waals surface area contributed by atoms with Gasteiger partial charge in [-0.1, -0.05) is 0 Å². The molecule has 0 unspecified atom stereocenters. The smallest absolute Gasteiger partial charge is 0.332 e. The van der Waals surface area contributed by atoms with Crippen LogP contribution in [0.15, 0.2) is 14.3 Å². The van der Waals surface area contributed by atoms with Crippen LogP contribution in [0.25, 0.3) is 11.2 Å². The van der Waals surface area contributed by atoms with Crippen LogP contribution in [0.3, 0.4) is 0 Å². The second kappa shape index (κ2) is 4.11. The lowest BCUT2D eigenvalue weighted by molar-refractivity contribution is 0.276. The minimum Gasteiger partial charge on any atom is -0.395 e. The van der Waals surface area contributed by atoms with Crippen LogP contribution in [0, 0.1) is 0 Å². The Morgan fingerprint density at radius 3 is 2.53 bits per heavy atom. The zero-order valence-corrected chi connectivity index (χ0v) is 10.9. The van der Waals surface area contributed by atoms with E-state index in [9.17, 15) is 9.59 Å². The summed E-state index contributed by atoms with van der Waals surface area (Å²) in [5.74, 6) is 0. The minimum absolute atomic E-state index is 0.104. The molecule has 7 nitrogen and oxygen atoms in total. The van der Waals surface area contributed by atoms with Crippen LogP contribution in [-0.4, -0.2) is 30.4 Å². The molecule has 0 aliphatic carbocycles. The number of rotatable bonds is 2. The van der Waals surface area contributed by atoms with Gasteiger partial charge in [0, 0.05) is 20.6 Å². The summed E-state index contributed by atoms with van der Waals surface area (Å²) in [6, 6.07) is 0. The minimum atomic E-state index is -0.444. The molecule has 8 heteroatoms. The van der Waals surface area contributed by atoms with E-state index in [1.807, 2.05) is 0 Å². The van der Waals surface area contributed by atoms with E-state index < -0.39 is 11.2 Å². The lowest BCUT2D eigenvalue weighted by Gasteiger charge is -2.07. The highest BCUT2D eigenvalue weighted by Gasteiger charge is 2.16. The Morgan fingerprint density at radius 1 is 1.29 bits per heavy atom. The van der Waals surface area contributed by atoms with Crippen LogP contribution in [-0.2, 0) is 20.6 Å². The number of hydrogen-bond acceptors (Lipinski definition) is 4. The first-order chi connectivity index (χ1) is 7.99. The summed E-state index contributed by atoms with van der Waals surface area (Å²) in [5, 5.41) is 8.97. The van der Waals surface area contributed by atoms with E-state index in [2.05, 4.69) is 20.9 Å². The van der Waals surface area contributed by atoms with Crippen LogP contribution < -0.4 is 11.2 Å². The van der Waals surface area contributed by atoms with Crippen LogP contribution >= 0.6 is 15.9 Å². The molecule has 0 aromatic carbocycles. The lowest BCUT2D eigenvalue weighted by atomic mass is 10.5. The van der Waals surface area contributed by atoms with Crippen LogP contribution in [0.4, 0.5) is 0 Å². The Balaban J connectivity index is 3.02. The highest BCUT2D eigenvalue weighted by Crippen LogP contribution is 2.15. The van der Waals surface area contributed by atoms with E-state index in [0.29, 0.717) is 10.4 Å². The monoisotopic (exact) mass is 302 g/mol. The van der Waals surface area contributed by atoms with Crippen molar-refractivity contribution in [1.29, 1.82) is 0 Å². The van der Waals surface area contributed by atoms with Crippen molar-refractivity contribution in [2.24, 2.45) is 14.1 Å². The number of aliphatic hydroxyl groups is 1. The summed E-state index contributed by atoms with van der Waals surface area (Å²) >= 11 is 3.21. The molecule has 2 aromatic heterocycles. The molecule has 0 radical (unpaired) electrons. The van der Waals surface area contributed by atoms with Gasteiger partial charge in [-0.2, -0.15) is 0 Å². The molecular formula is C9H11BrN4O3. The molecule has 0 spiro atoms. The molecule has 17 heavy (non-hydrogen) atoms. The number of aliphatic hydroxyl groups excluding tert-OH is 1. The highest BCUT2D eigenvalue weighted by molar-refractivity contribution is 9.10. The summed E-state index contributed by atoms with van der Waals surface area (Å²) in [4.78, 5) is 27.7. The van der Waals surface area contributed by atoms with E-state index in [1.165, 1.54) is 11.6 Å². The summed E-state index contributed by atoms with van der Waals surface area (Å²) in [7, 11) is 2.97. The Kier molecular flexibility index (Phi) is 2.92. The first-order valence-electron chi connectivity index (χ1n) is 4.91. The number of fused-ring (bicyclic) bond motifs is 1. The van der Waals surface area contributed by atoms with Gasteiger partial charge < -0.3 is 9.67 Å². The second-order valence-electron chi connectivity index (χ2n) is 3.63. The molecule has 0 bridgehead atoms. The summed E-state index contributed by atoms with van der Waals surface area (Å²) < 4.78 is 4.34. The van der Waals surface area contributed by atoms with Crippen molar-refractivity contribution in [3.05, 3.63) is 25.6 Å². The summed E-state index contributed by atoms with van der Waals surface area (Å²) in [6.07, 6.45) is 0. The van der Waals surface area contributed by atoms with Gasteiger partial charge in [0.05, 0.1) is 6.61 Å². The third-order valence-electron chi connectivity index (χ3n) is 2.62. The Morgan fingerprint density at radius 2 is 1.94 bits per heavy atom. The van der Waals surface area contributed by atoms with Crippen LogP contribution in [0.2, 0.25) is 0 Å². The molecule has 0 saturated heterocycles. The summed E-state index contributed by atoms with van der Waals surface area (Å²) in [5.41, 5.74) is -0.261. The van der Waals surface area contributed by atoms with Crippen LogP contribution in [0.5, 0.6) is 0 Å². The van der Waals surface area contributed by atoms with Gasteiger partial charge in [-0.3, -0.25) is 13.9 Å². The molecule has 0 aliphatic heterocycles. The van der Waals surface area contributed by atoms with Crippen molar-refractivity contribution in [1.82, 2.24) is 18.7 Å². The zero-order chi connectivity index (χ0) is 12.7. The topological polar surface area (TPSA) is 82.0 Å². The predicted octanol–water partition coefficient (Wildman–Crippen LogP) is -0.812. The van der Waals surface area contributed by atoms with Gasteiger partial charge in [-0.05, 0) is 15.9 Å². The molecule has 0 fully saturated rings. The Hall–Kier alpha value is -1.41. The van der Waals surface area contributed by atoms with Gasteiger partial charge in [-0.25, -0.2) is 9.78 Å². The second-order valence-corrected chi connectivity index (χ2v) is 4.34. The third kappa shape index (κ3) is 1.64. The highest BCUT2D eigenvalue weighted by atomic mass is 79.9. The molecule has 0 saturated carbocycles. The molecule has 2 rings (SSSR count). The van der Waals surface area contributed by atoms with Crippen molar-refractivity contribution >= 4 is 27.1 Å². The molecule has 92 valence electrons. The molecule has 0 amide bonds. The van der Waals surface area contributed by atoms with Gasteiger partial charge in [-0.15, -0.1) is 0 Å². The average molecular weight is 303 g/mol. The number of imidazole rings is 1. The van der Waals surface area contributed by atoms with Crippen molar-refractivity contribution in [3.63, 3.8) is 0 Å². The Bertz CT molecular complexity index is 697. The maximum atomic E-state index is 11.9. The third-order valence-corrected chi connectivity index (χ3v) is 3.22. The lowest BCUT2D eigenvalue weighted by Crippen LogP contribution is -2.37. The first-order valence-corrected chi connectivity index (χ1v) is 5.71. The van der Waals surface area contributed by atoms with E-state index in [4.69, 9.17) is 5.11 Å². The normalized spacial score (nSPS) is 11.3. The predicted molar refractivity (Wildman–Crippen MR) is 65.0 cm³/mol. The average Bonchev–Trinajstić information content (AvgIpc) is 2.62. The first kappa shape index (κ1) is 12.1. The van der Waals surface area contributed by atoms with Gasteiger partial charge in [0.2, 0.25) is 0 Å². The molecular weight excluding hydrogens is 292 g/mol. The van der Waals surface area contributed by atoms with E-state index in [-0.39, 0.29) is 18.7 Å². The molecule has 2 aromatic rings. The fourth-order valence-corrected chi connectivity index (χ4v) is 2.28. The largest absolute Gasteiger partial charge is 0.395 e. The van der Waals surface area contributed by atoms with Crippen molar-refractivity contribution in [2.45, 2.75) is 6.54 Å². The van der Waals surface area contributed by atoms with E-state index >= 15 is 0 Å². The zero-order valence-electron chi connectivity index (χ0n) is 9.34. The maximum Gasteiger partial charge on any atom is 0.332 e. The van der Waals surface area contributed by atoms with E-state index in [1.54, 1.807) is 11.6 Å². The number of nitrogens with zero attached hydrogens (tertiary/aromatic N) is 4. The maximum absolute atomic E-state index is 11.9. The number of halogens is 1. The van der Waals surface area contributed by atoms with Gasteiger partial charge in [0.15, 0.2) is 15.9 Å². The molecule has 0 aliphatic rings. The molecule has 2 heterocycles. The number of aryl methyl sites for hydroxylation is 1. The van der Waals surface area contributed by atoms with Gasteiger partial charge >= 0.3 is 5.69 Å². The number of aromatic nitrogens is 4. The summed E-state index contributed by atoms with van der Waals surface area (Å²) in [6.45, 7) is 0.158. The van der Waals surface area contributed by atoms with E-state index in [0.717, 1.165) is 4.57 Å². The van der Waals surface area contributed by atoms with Crippen LogP contribution in [0.1, 0.15) is 0 Å². The molecule has 0 atom stereocenters. The fourth-order valence-electron chi connectivity index (χ4n) is 1.76. The number of hydrogen-bond donors (Lipinski definition) is 1.